The second-order valence-corrected chi connectivity index (χ2v) is 7.43. The summed E-state index contributed by atoms with van der Waals surface area (Å²) in [5.74, 6) is -4.94. The lowest BCUT2D eigenvalue weighted by molar-refractivity contribution is -0.0517. The third-order valence-electron chi connectivity index (χ3n) is 5.20. The summed E-state index contributed by atoms with van der Waals surface area (Å²) in [6.07, 6.45) is -1.37. The highest BCUT2D eigenvalue weighted by atomic mass is 35.5. The van der Waals surface area contributed by atoms with Crippen molar-refractivity contribution in [2.45, 2.75) is 43.4 Å². The van der Waals surface area contributed by atoms with E-state index in [-0.39, 0.29) is 30.0 Å². The monoisotopic (exact) mass is 433 g/mol. The molecule has 0 spiro atoms. The Morgan fingerprint density at radius 3 is 2.34 bits per heavy atom. The number of rotatable bonds is 5. The Balaban J connectivity index is 1.84. The fraction of sp³-hybridized carbons (Fsp3) is 0.421. The van der Waals surface area contributed by atoms with E-state index in [0.717, 1.165) is 6.07 Å². The van der Waals surface area contributed by atoms with Crippen molar-refractivity contribution in [3.05, 3.63) is 58.4 Å². The predicted octanol–water partition coefficient (Wildman–Crippen LogP) is 5.08. The molecular formula is C19H17ClF5N3O. The summed E-state index contributed by atoms with van der Waals surface area (Å²) in [5.41, 5.74) is -0.673. The summed E-state index contributed by atoms with van der Waals surface area (Å²) >= 11 is 5.82. The zero-order valence-electron chi connectivity index (χ0n) is 15.1. The van der Waals surface area contributed by atoms with Crippen LogP contribution < -0.4 is 5.32 Å². The molecule has 0 unspecified atom stereocenters. The maximum absolute atomic E-state index is 13.7. The van der Waals surface area contributed by atoms with Gasteiger partial charge in [0.25, 0.3) is 12.3 Å². The molecule has 156 valence electrons. The van der Waals surface area contributed by atoms with Crippen molar-refractivity contribution in [1.29, 1.82) is 0 Å². The van der Waals surface area contributed by atoms with E-state index in [1.54, 1.807) is 0 Å². The fourth-order valence-corrected chi connectivity index (χ4v) is 3.62. The minimum Gasteiger partial charge on any atom is -0.351 e. The molecule has 0 aliphatic heterocycles. The van der Waals surface area contributed by atoms with Crippen LogP contribution in [0.3, 0.4) is 0 Å². The molecule has 0 radical (unpaired) electrons. The van der Waals surface area contributed by atoms with Crippen molar-refractivity contribution in [2.75, 3.05) is 6.54 Å². The molecule has 10 heteroatoms. The van der Waals surface area contributed by atoms with Crippen molar-refractivity contribution in [3.63, 3.8) is 0 Å². The molecular weight excluding hydrogens is 417 g/mol. The van der Waals surface area contributed by atoms with Crippen LogP contribution in [0.15, 0.2) is 30.6 Å². The summed E-state index contributed by atoms with van der Waals surface area (Å²) in [6, 6.07) is 3.76. The van der Waals surface area contributed by atoms with Gasteiger partial charge in [-0.15, -0.1) is 0 Å². The Bertz CT molecular complexity index is 882. The van der Waals surface area contributed by atoms with E-state index in [1.165, 1.54) is 24.5 Å². The maximum Gasteiger partial charge on any atom is 0.297 e. The molecule has 0 saturated heterocycles. The average Bonchev–Trinajstić information content (AvgIpc) is 2.69. The second-order valence-electron chi connectivity index (χ2n) is 7.05. The minimum absolute atomic E-state index is 0.00541. The number of halogens is 6. The molecule has 4 nitrogen and oxygen atoms in total. The van der Waals surface area contributed by atoms with Crippen LogP contribution in [0.2, 0.25) is 5.02 Å². The van der Waals surface area contributed by atoms with Gasteiger partial charge in [0.1, 0.15) is 5.82 Å². The lowest BCUT2D eigenvalue weighted by atomic mass is 9.69. The Kier molecular flexibility index (Phi) is 6.07. The Labute approximate surface area is 168 Å². The number of alkyl halides is 4. The molecule has 29 heavy (non-hydrogen) atoms. The summed E-state index contributed by atoms with van der Waals surface area (Å²) in [6.45, 7) is -0.0772. The van der Waals surface area contributed by atoms with Gasteiger partial charge in [-0.1, -0.05) is 17.7 Å². The van der Waals surface area contributed by atoms with E-state index in [1.807, 2.05) is 0 Å². The number of aromatic nitrogens is 2. The van der Waals surface area contributed by atoms with Gasteiger partial charge >= 0.3 is 0 Å². The van der Waals surface area contributed by atoms with E-state index < -0.39 is 48.2 Å². The van der Waals surface area contributed by atoms with Crippen molar-refractivity contribution >= 4 is 17.5 Å². The molecule has 1 amide bonds. The highest BCUT2D eigenvalue weighted by molar-refractivity contribution is 6.34. The standard InChI is InChI=1S/C19H17ClF5N3O/c20-14-12(2-1-3-13(14)21)17(29)28-10-18(4-6-19(24,25)7-5-18)11-8-26-16(15(22)23)27-9-11/h1-3,8-9,15H,4-7,10H2,(H,28,29). The molecule has 0 atom stereocenters. The van der Waals surface area contributed by atoms with Crippen molar-refractivity contribution in [2.24, 2.45) is 0 Å². The smallest absolute Gasteiger partial charge is 0.297 e. The SMILES string of the molecule is O=C(NCC1(c2cnc(C(F)F)nc2)CCC(F)(F)CC1)c1cccc(F)c1Cl. The normalized spacial score (nSPS) is 17.9. The van der Waals surface area contributed by atoms with Crippen LogP contribution in [0.4, 0.5) is 22.0 Å². The zero-order valence-corrected chi connectivity index (χ0v) is 15.8. The van der Waals surface area contributed by atoms with Gasteiger partial charge in [-0.2, -0.15) is 0 Å². The molecule has 1 saturated carbocycles. The summed E-state index contributed by atoms with van der Waals surface area (Å²) < 4.78 is 66.5. The van der Waals surface area contributed by atoms with Crippen molar-refractivity contribution in [1.82, 2.24) is 15.3 Å². The third kappa shape index (κ3) is 4.66. The number of carbonyl (C=O) groups excluding carboxylic acids is 1. The van der Waals surface area contributed by atoms with E-state index in [0.29, 0.717) is 5.56 Å². The number of nitrogens with one attached hydrogen (secondary N) is 1. The summed E-state index contributed by atoms with van der Waals surface area (Å²) in [5, 5.41) is 2.25. The summed E-state index contributed by atoms with van der Waals surface area (Å²) in [7, 11) is 0. The second kappa shape index (κ2) is 8.22. The summed E-state index contributed by atoms with van der Waals surface area (Å²) in [4.78, 5) is 19.7. The van der Waals surface area contributed by atoms with Crippen LogP contribution in [-0.4, -0.2) is 28.3 Å². The van der Waals surface area contributed by atoms with Crippen LogP contribution in [-0.2, 0) is 5.41 Å². The molecule has 1 N–H and O–H groups in total. The topological polar surface area (TPSA) is 54.9 Å². The first-order valence-electron chi connectivity index (χ1n) is 8.84. The van der Waals surface area contributed by atoms with E-state index in [2.05, 4.69) is 15.3 Å². The average molecular weight is 434 g/mol. The Hall–Kier alpha value is -2.29. The first-order chi connectivity index (χ1) is 13.6. The van der Waals surface area contributed by atoms with Crippen LogP contribution >= 0.6 is 11.6 Å². The quantitative estimate of drug-likeness (QED) is 0.669. The van der Waals surface area contributed by atoms with E-state index in [9.17, 15) is 26.7 Å². The highest BCUT2D eigenvalue weighted by Gasteiger charge is 2.45. The number of hydrogen-bond donors (Lipinski definition) is 1. The molecule has 0 bridgehead atoms. The van der Waals surface area contributed by atoms with Crippen LogP contribution in [0, 0.1) is 5.82 Å². The Morgan fingerprint density at radius 1 is 1.14 bits per heavy atom. The van der Waals surface area contributed by atoms with Crippen LogP contribution in [0.5, 0.6) is 0 Å². The van der Waals surface area contributed by atoms with E-state index >= 15 is 0 Å². The van der Waals surface area contributed by atoms with Gasteiger partial charge in [-0.25, -0.2) is 31.9 Å². The maximum atomic E-state index is 13.7. The molecule has 1 aromatic heterocycles. The molecule has 2 aromatic rings. The lowest BCUT2D eigenvalue weighted by Gasteiger charge is -2.40. The van der Waals surface area contributed by atoms with Gasteiger partial charge < -0.3 is 5.32 Å². The van der Waals surface area contributed by atoms with Gasteiger partial charge in [-0.3, -0.25) is 4.79 Å². The number of benzene rings is 1. The van der Waals surface area contributed by atoms with Crippen LogP contribution in [0.1, 0.15) is 53.9 Å². The third-order valence-corrected chi connectivity index (χ3v) is 5.59. The lowest BCUT2D eigenvalue weighted by Crippen LogP contribution is -2.45. The van der Waals surface area contributed by atoms with Gasteiger partial charge in [0.05, 0.1) is 10.6 Å². The molecule has 1 fully saturated rings. The fourth-order valence-electron chi connectivity index (χ4n) is 3.41. The Morgan fingerprint density at radius 2 is 1.76 bits per heavy atom. The first-order valence-corrected chi connectivity index (χ1v) is 9.22. The molecule has 1 heterocycles. The predicted molar refractivity (Wildman–Crippen MR) is 95.8 cm³/mol. The molecule has 3 rings (SSSR count). The van der Waals surface area contributed by atoms with Crippen molar-refractivity contribution in [3.8, 4) is 0 Å². The van der Waals surface area contributed by atoms with Crippen LogP contribution in [0.25, 0.3) is 0 Å². The highest BCUT2D eigenvalue weighted by Crippen LogP contribution is 2.45. The number of carbonyl (C=O) groups is 1. The zero-order chi connectivity index (χ0) is 21.2. The number of hydrogen-bond acceptors (Lipinski definition) is 3. The van der Waals surface area contributed by atoms with Gasteiger partial charge in [-0.05, 0) is 30.5 Å². The van der Waals surface area contributed by atoms with E-state index in [4.69, 9.17) is 11.6 Å². The number of amides is 1. The minimum atomic E-state index is -2.86. The van der Waals surface area contributed by atoms with Gasteiger partial charge in [0, 0.05) is 37.2 Å². The van der Waals surface area contributed by atoms with Crippen molar-refractivity contribution < 1.29 is 26.7 Å². The van der Waals surface area contributed by atoms with Gasteiger partial charge in [0.15, 0.2) is 5.82 Å². The molecule has 1 aromatic carbocycles. The number of nitrogens with zero attached hydrogens (tertiary/aromatic N) is 2. The van der Waals surface area contributed by atoms with Gasteiger partial charge in [0.2, 0.25) is 5.92 Å². The largest absolute Gasteiger partial charge is 0.351 e. The first kappa shape index (κ1) is 21.4. The molecule has 1 aliphatic carbocycles. The molecule has 1 aliphatic rings.